The molecule has 0 atom stereocenters. The van der Waals surface area contributed by atoms with E-state index in [1.54, 1.807) is 20.8 Å². The fourth-order valence-electron chi connectivity index (χ4n) is 1.39. The van der Waals surface area contributed by atoms with Crippen molar-refractivity contribution in [2.75, 3.05) is 7.11 Å². The third kappa shape index (κ3) is 3.61. The Morgan fingerprint density at radius 3 is 2.59 bits per heavy atom. The predicted octanol–water partition coefficient (Wildman–Crippen LogP) is 1.55. The molecule has 0 saturated carbocycles. The number of hydrogen-bond donors (Lipinski definition) is 0. The first-order valence-corrected chi connectivity index (χ1v) is 5.37. The summed E-state index contributed by atoms with van der Waals surface area (Å²) in [5, 5.41) is 0. The van der Waals surface area contributed by atoms with E-state index in [0.29, 0.717) is 6.61 Å². The van der Waals surface area contributed by atoms with Gasteiger partial charge >= 0.3 is 7.48 Å². The van der Waals surface area contributed by atoms with Crippen LogP contribution < -0.4 is 10.3 Å². The molecule has 17 heavy (non-hydrogen) atoms. The number of pyridine rings is 1. The van der Waals surface area contributed by atoms with Gasteiger partial charge in [0.25, 0.3) is 0 Å². The number of ether oxygens (including phenoxy) is 1. The average Bonchev–Trinajstić information content (AvgIpc) is 2.41. The summed E-state index contributed by atoms with van der Waals surface area (Å²) >= 11 is 0. The molecule has 1 aromatic carbocycles. The van der Waals surface area contributed by atoms with E-state index >= 15 is 0 Å². The minimum Gasteiger partial charge on any atom is -0.497 e. The van der Waals surface area contributed by atoms with Gasteiger partial charge in [-0.3, -0.25) is 4.98 Å². The topological polar surface area (TPSA) is 31.4 Å². The maximum absolute atomic E-state index is 5.45. The lowest BCUT2D eigenvalue weighted by atomic mass is 9.94. The molecule has 3 nitrogen and oxygen atoms in total. The number of methoxy groups -OCH3 is 1. The summed E-state index contributed by atoms with van der Waals surface area (Å²) < 4.78 is 10.5. The van der Waals surface area contributed by atoms with Crippen molar-refractivity contribution in [3.8, 4) is 5.75 Å². The number of aromatic nitrogens is 1. The van der Waals surface area contributed by atoms with Crippen molar-refractivity contribution in [3.05, 3.63) is 54.2 Å². The molecule has 1 aromatic heterocycles. The zero-order valence-corrected chi connectivity index (χ0v) is 9.67. The highest BCUT2D eigenvalue weighted by atomic mass is 16.5. The van der Waals surface area contributed by atoms with Crippen molar-refractivity contribution >= 4 is 13.1 Å². The van der Waals surface area contributed by atoms with Crippen molar-refractivity contribution in [2.24, 2.45) is 0 Å². The molecule has 0 aliphatic heterocycles. The van der Waals surface area contributed by atoms with Gasteiger partial charge in [-0.25, -0.2) is 0 Å². The van der Waals surface area contributed by atoms with Gasteiger partial charge in [0.1, 0.15) is 5.75 Å². The number of benzene rings is 1. The molecule has 2 aromatic rings. The maximum atomic E-state index is 5.45. The lowest BCUT2D eigenvalue weighted by Gasteiger charge is -2.04. The molecule has 85 valence electrons. The summed E-state index contributed by atoms with van der Waals surface area (Å²) in [4.78, 5) is 4.14. The van der Waals surface area contributed by atoms with Crippen molar-refractivity contribution in [3.63, 3.8) is 0 Å². The van der Waals surface area contributed by atoms with Crippen molar-refractivity contribution in [2.45, 2.75) is 6.61 Å². The third-order valence-corrected chi connectivity index (χ3v) is 2.30. The van der Waals surface area contributed by atoms with E-state index in [1.807, 2.05) is 42.5 Å². The van der Waals surface area contributed by atoms with Crippen LogP contribution in [0.2, 0.25) is 0 Å². The maximum Gasteiger partial charge on any atom is 0.351 e. The fraction of sp³-hybridized carbons (Fsp3) is 0.154. The van der Waals surface area contributed by atoms with Gasteiger partial charge in [0.15, 0.2) is 0 Å². The van der Waals surface area contributed by atoms with Crippen LogP contribution in [0.5, 0.6) is 5.75 Å². The highest BCUT2D eigenvalue weighted by molar-refractivity contribution is 6.45. The first-order valence-electron chi connectivity index (χ1n) is 5.37. The molecule has 0 amide bonds. The Labute approximate surface area is 102 Å². The standard InChI is InChI=1S/C13H13BNO2/c1-16-12-7-5-11(6-8-12)10-17-14-13-4-2-3-9-15-13/h2-9H,10H2,1H3. The molecule has 0 fully saturated rings. The summed E-state index contributed by atoms with van der Waals surface area (Å²) in [7, 11) is 3.31. The van der Waals surface area contributed by atoms with E-state index in [-0.39, 0.29) is 0 Å². The Morgan fingerprint density at radius 1 is 1.12 bits per heavy atom. The van der Waals surface area contributed by atoms with Crippen LogP contribution >= 0.6 is 0 Å². The van der Waals surface area contributed by atoms with Crippen LogP contribution in [0.1, 0.15) is 5.56 Å². The number of hydrogen-bond acceptors (Lipinski definition) is 3. The average molecular weight is 226 g/mol. The molecule has 0 bridgehead atoms. The van der Waals surface area contributed by atoms with Crippen molar-refractivity contribution < 1.29 is 9.39 Å². The first kappa shape index (κ1) is 11.7. The molecule has 0 aliphatic rings. The van der Waals surface area contributed by atoms with Crippen LogP contribution in [0.3, 0.4) is 0 Å². The van der Waals surface area contributed by atoms with Crippen LogP contribution in [0.15, 0.2) is 48.7 Å². The number of nitrogens with zero attached hydrogens (tertiary/aromatic N) is 1. The number of rotatable bonds is 5. The summed E-state index contributed by atoms with van der Waals surface area (Å²) in [5.74, 6) is 0.849. The van der Waals surface area contributed by atoms with Gasteiger partial charge in [0.05, 0.1) is 13.7 Å². The monoisotopic (exact) mass is 226 g/mol. The summed E-state index contributed by atoms with van der Waals surface area (Å²) in [6.07, 6.45) is 1.74. The first-order chi connectivity index (χ1) is 8.38. The molecule has 0 saturated heterocycles. The van der Waals surface area contributed by atoms with E-state index in [0.717, 1.165) is 16.9 Å². The van der Waals surface area contributed by atoms with Crippen LogP contribution in [0, 0.1) is 0 Å². The Morgan fingerprint density at radius 2 is 1.94 bits per heavy atom. The normalized spacial score (nSPS) is 9.94. The second-order valence-corrected chi connectivity index (χ2v) is 3.53. The lowest BCUT2D eigenvalue weighted by Crippen LogP contribution is -2.20. The zero-order valence-electron chi connectivity index (χ0n) is 9.67. The zero-order chi connectivity index (χ0) is 11.9. The third-order valence-electron chi connectivity index (χ3n) is 2.30. The summed E-state index contributed by atoms with van der Waals surface area (Å²) in [6, 6.07) is 13.5. The molecule has 0 aliphatic carbocycles. The van der Waals surface area contributed by atoms with E-state index in [2.05, 4.69) is 4.98 Å². The van der Waals surface area contributed by atoms with Gasteiger partial charge in [-0.1, -0.05) is 18.2 Å². The van der Waals surface area contributed by atoms with Crippen LogP contribution in [-0.4, -0.2) is 19.6 Å². The smallest absolute Gasteiger partial charge is 0.351 e. The molecule has 0 spiro atoms. The van der Waals surface area contributed by atoms with Crippen LogP contribution in [-0.2, 0) is 11.3 Å². The highest BCUT2D eigenvalue weighted by Crippen LogP contribution is 2.11. The Hall–Kier alpha value is -1.81. The molecule has 0 unspecified atom stereocenters. The van der Waals surface area contributed by atoms with E-state index < -0.39 is 0 Å². The second kappa shape index (κ2) is 6.06. The Kier molecular flexibility index (Phi) is 4.16. The summed E-state index contributed by atoms with van der Waals surface area (Å²) in [5.41, 5.74) is 1.92. The molecule has 0 N–H and O–H groups in total. The van der Waals surface area contributed by atoms with E-state index in [9.17, 15) is 0 Å². The molecule has 1 heterocycles. The van der Waals surface area contributed by atoms with E-state index in [4.69, 9.17) is 9.39 Å². The van der Waals surface area contributed by atoms with Gasteiger partial charge < -0.3 is 9.39 Å². The van der Waals surface area contributed by atoms with Gasteiger partial charge in [-0.15, -0.1) is 0 Å². The minimum absolute atomic E-state index is 0.528. The fourth-order valence-corrected chi connectivity index (χ4v) is 1.39. The largest absolute Gasteiger partial charge is 0.497 e. The molecular formula is C13H13BNO2. The second-order valence-electron chi connectivity index (χ2n) is 3.53. The van der Waals surface area contributed by atoms with Crippen molar-refractivity contribution in [1.29, 1.82) is 0 Å². The van der Waals surface area contributed by atoms with Gasteiger partial charge in [0, 0.05) is 11.8 Å². The van der Waals surface area contributed by atoms with Crippen LogP contribution in [0.25, 0.3) is 0 Å². The lowest BCUT2D eigenvalue weighted by molar-refractivity contribution is 0.329. The highest BCUT2D eigenvalue weighted by Gasteiger charge is 1.99. The molecule has 1 radical (unpaired) electrons. The van der Waals surface area contributed by atoms with Gasteiger partial charge in [-0.05, 0) is 29.8 Å². The minimum atomic E-state index is 0.528. The van der Waals surface area contributed by atoms with Crippen molar-refractivity contribution in [1.82, 2.24) is 4.98 Å². The van der Waals surface area contributed by atoms with E-state index in [1.165, 1.54) is 0 Å². The predicted molar refractivity (Wildman–Crippen MR) is 67.4 cm³/mol. The summed E-state index contributed by atoms with van der Waals surface area (Å²) in [6.45, 7) is 0.528. The molecule has 2 rings (SSSR count). The Balaban J connectivity index is 1.82. The molecule has 4 heteroatoms. The van der Waals surface area contributed by atoms with Gasteiger partial charge in [0.2, 0.25) is 0 Å². The Bertz CT molecular complexity index is 445. The van der Waals surface area contributed by atoms with Gasteiger partial charge in [-0.2, -0.15) is 0 Å². The SMILES string of the molecule is COc1ccc(CO[B]c2ccccn2)cc1. The quantitative estimate of drug-likeness (QED) is 0.725. The molecular weight excluding hydrogens is 213 g/mol. The van der Waals surface area contributed by atoms with Crippen LogP contribution in [0.4, 0.5) is 0 Å².